The highest BCUT2D eigenvalue weighted by molar-refractivity contribution is 9.10. The van der Waals surface area contributed by atoms with Gasteiger partial charge in [0.15, 0.2) is 4.90 Å². The zero-order valence-corrected chi connectivity index (χ0v) is 13.2. The summed E-state index contributed by atoms with van der Waals surface area (Å²) in [6, 6.07) is 3.79. The van der Waals surface area contributed by atoms with E-state index in [-0.39, 0.29) is 11.4 Å². The standard InChI is InChI=1S/C11H15BrN2O5S/c1-2-19-7-3-6-13-20(17,18)11-8-9(12)4-5-10(11)14(15)16/h4-5,8,13H,2-3,6-7H2,1H3. The molecular weight excluding hydrogens is 352 g/mol. The fourth-order valence-electron chi connectivity index (χ4n) is 1.46. The van der Waals surface area contributed by atoms with Crippen molar-refractivity contribution in [3.63, 3.8) is 0 Å². The van der Waals surface area contributed by atoms with Crippen molar-refractivity contribution in [1.82, 2.24) is 4.72 Å². The van der Waals surface area contributed by atoms with Crippen LogP contribution in [0.5, 0.6) is 0 Å². The van der Waals surface area contributed by atoms with Gasteiger partial charge in [0, 0.05) is 30.3 Å². The predicted molar refractivity (Wildman–Crippen MR) is 77.1 cm³/mol. The quantitative estimate of drug-likeness (QED) is 0.431. The van der Waals surface area contributed by atoms with Crippen LogP contribution in [0.15, 0.2) is 27.6 Å². The number of sulfonamides is 1. The lowest BCUT2D eigenvalue weighted by molar-refractivity contribution is -0.387. The first-order chi connectivity index (χ1) is 9.38. The normalized spacial score (nSPS) is 11.5. The number of ether oxygens (including phenoxy) is 1. The maximum absolute atomic E-state index is 12.1. The molecule has 0 saturated carbocycles. The zero-order chi connectivity index (χ0) is 15.2. The number of nitrogens with one attached hydrogen (secondary N) is 1. The molecule has 0 aliphatic rings. The number of nitro groups is 1. The molecule has 7 nitrogen and oxygen atoms in total. The van der Waals surface area contributed by atoms with E-state index >= 15 is 0 Å². The van der Waals surface area contributed by atoms with Gasteiger partial charge in [0.2, 0.25) is 10.0 Å². The first kappa shape index (κ1) is 17.0. The van der Waals surface area contributed by atoms with Crippen LogP contribution in [-0.4, -0.2) is 33.1 Å². The van der Waals surface area contributed by atoms with Crippen LogP contribution < -0.4 is 4.72 Å². The molecule has 112 valence electrons. The molecule has 0 aliphatic heterocycles. The van der Waals surface area contributed by atoms with Crippen LogP contribution >= 0.6 is 15.9 Å². The summed E-state index contributed by atoms with van der Waals surface area (Å²) < 4.78 is 32.0. The zero-order valence-electron chi connectivity index (χ0n) is 10.8. The van der Waals surface area contributed by atoms with Crippen molar-refractivity contribution in [1.29, 1.82) is 0 Å². The van der Waals surface area contributed by atoms with E-state index in [2.05, 4.69) is 20.7 Å². The molecule has 1 N–H and O–H groups in total. The third kappa shape index (κ3) is 4.82. The number of rotatable bonds is 8. The van der Waals surface area contributed by atoms with E-state index in [0.717, 1.165) is 6.07 Å². The fourth-order valence-corrected chi connectivity index (χ4v) is 3.24. The molecule has 0 aliphatic carbocycles. The average Bonchev–Trinajstić information content (AvgIpc) is 2.38. The second kappa shape index (κ2) is 7.67. The molecule has 9 heteroatoms. The minimum Gasteiger partial charge on any atom is -0.382 e. The Morgan fingerprint density at radius 2 is 2.15 bits per heavy atom. The molecule has 0 fully saturated rings. The van der Waals surface area contributed by atoms with Gasteiger partial charge in [0.05, 0.1) is 4.92 Å². The van der Waals surface area contributed by atoms with Gasteiger partial charge in [0.25, 0.3) is 5.69 Å². The Bertz CT molecular complexity index is 576. The number of hydrogen-bond donors (Lipinski definition) is 1. The molecule has 1 rings (SSSR count). The SMILES string of the molecule is CCOCCCNS(=O)(=O)c1cc(Br)ccc1[N+](=O)[O-]. The second-order valence-electron chi connectivity index (χ2n) is 3.82. The molecule has 1 aromatic rings. The van der Waals surface area contributed by atoms with Crippen molar-refractivity contribution in [2.45, 2.75) is 18.2 Å². The molecule has 0 radical (unpaired) electrons. The molecule has 0 spiro atoms. The molecule has 0 aromatic heterocycles. The highest BCUT2D eigenvalue weighted by atomic mass is 79.9. The molecular formula is C11H15BrN2O5S. The van der Waals surface area contributed by atoms with Gasteiger partial charge in [-0.2, -0.15) is 0 Å². The predicted octanol–water partition coefficient (Wildman–Crippen LogP) is 2.06. The van der Waals surface area contributed by atoms with Gasteiger partial charge in [-0.25, -0.2) is 13.1 Å². The van der Waals surface area contributed by atoms with E-state index in [1.807, 2.05) is 6.92 Å². The van der Waals surface area contributed by atoms with Gasteiger partial charge in [-0.05, 0) is 25.5 Å². The first-order valence-corrected chi connectivity index (χ1v) is 8.17. The lowest BCUT2D eigenvalue weighted by Gasteiger charge is -2.07. The van der Waals surface area contributed by atoms with Gasteiger partial charge in [-0.15, -0.1) is 0 Å². The molecule has 0 amide bonds. The smallest absolute Gasteiger partial charge is 0.289 e. The van der Waals surface area contributed by atoms with Crippen LogP contribution in [-0.2, 0) is 14.8 Å². The minimum atomic E-state index is -3.92. The van der Waals surface area contributed by atoms with Crippen molar-refractivity contribution < 1.29 is 18.1 Å². The number of benzene rings is 1. The van der Waals surface area contributed by atoms with Crippen LogP contribution in [0.3, 0.4) is 0 Å². The lowest BCUT2D eigenvalue weighted by atomic mass is 10.3. The molecule has 0 heterocycles. The maximum Gasteiger partial charge on any atom is 0.289 e. The van der Waals surface area contributed by atoms with E-state index in [1.165, 1.54) is 12.1 Å². The third-order valence-electron chi connectivity index (χ3n) is 2.37. The number of halogens is 1. The van der Waals surface area contributed by atoms with Crippen LogP contribution in [0.2, 0.25) is 0 Å². The van der Waals surface area contributed by atoms with Gasteiger partial charge in [-0.1, -0.05) is 15.9 Å². The molecule has 1 aromatic carbocycles. The minimum absolute atomic E-state index is 0.159. The van der Waals surface area contributed by atoms with Gasteiger partial charge >= 0.3 is 0 Å². The van der Waals surface area contributed by atoms with Crippen LogP contribution in [0, 0.1) is 10.1 Å². The molecule has 0 unspecified atom stereocenters. The van der Waals surface area contributed by atoms with Crippen molar-refractivity contribution in [2.24, 2.45) is 0 Å². The number of nitro benzene ring substituents is 1. The van der Waals surface area contributed by atoms with Gasteiger partial charge in [-0.3, -0.25) is 10.1 Å². The summed E-state index contributed by atoms with van der Waals surface area (Å²) >= 11 is 3.11. The number of hydrogen-bond acceptors (Lipinski definition) is 5. The van der Waals surface area contributed by atoms with Crippen LogP contribution in [0.25, 0.3) is 0 Å². The van der Waals surface area contributed by atoms with E-state index in [9.17, 15) is 18.5 Å². The Hall–Kier alpha value is -1.03. The number of nitrogens with zero attached hydrogens (tertiary/aromatic N) is 1. The summed E-state index contributed by atoms with van der Waals surface area (Å²) in [5, 5.41) is 10.9. The summed E-state index contributed by atoms with van der Waals surface area (Å²) in [7, 11) is -3.92. The van der Waals surface area contributed by atoms with Crippen molar-refractivity contribution in [3.8, 4) is 0 Å². The largest absolute Gasteiger partial charge is 0.382 e. The van der Waals surface area contributed by atoms with Gasteiger partial charge in [0.1, 0.15) is 0 Å². The van der Waals surface area contributed by atoms with Crippen molar-refractivity contribution >= 4 is 31.6 Å². The third-order valence-corrected chi connectivity index (χ3v) is 4.35. The summed E-state index contributed by atoms with van der Waals surface area (Å²) in [6.07, 6.45) is 0.495. The van der Waals surface area contributed by atoms with E-state index in [4.69, 9.17) is 4.74 Å². The second-order valence-corrected chi connectivity index (χ2v) is 6.47. The monoisotopic (exact) mass is 366 g/mol. The van der Waals surface area contributed by atoms with Crippen LogP contribution in [0.4, 0.5) is 5.69 Å². The summed E-state index contributed by atoms with van der Waals surface area (Å²) in [5.74, 6) is 0. The van der Waals surface area contributed by atoms with E-state index < -0.39 is 20.6 Å². The highest BCUT2D eigenvalue weighted by Crippen LogP contribution is 2.26. The Balaban J connectivity index is 2.86. The maximum atomic E-state index is 12.1. The molecule has 0 bridgehead atoms. The lowest BCUT2D eigenvalue weighted by Crippen LogP contribution is -2.26. The Kier molecular flexibility index (Phi) is 6.53. The Labute approximate surface area is 125 Å². The average molecular weight is 367 g/mol. The van der Waals surface area contributed by atoms with Crippen LogP contribution in [0.1, 0.15) is 13.3 Å². The van der Waals surface area contributed by atoms with Crippen molar-refractivity contribution in [3.05, 3.63) is 32.8 Å². The molecule has 20 heavy (non-hydrogen) atoms. The molecule has 0 saturated heterocycles. The summed E-state index contributed by atoms with van der Waals surface area (Å²) in [5.41, 5.74) is -0.453. The Morgan fingerprint density at radius 1 is 1.45 bits per heavy atom. The first-order valence-electron chi connectivity index (χ1n) is 5.90. The van der Waals surface area contributed by atoms with Gasteiger partial charge < -0.3 is 4.74 Å². The van der Waals surface area contributed by atoms with E-state index in [0.29, 0.717) is 24.1 Å². The summed E-state index contributed by atoms with van der Waals surface area (Å²) in [6.45, 7) is 2.99. The highest BCUT2D eigenvalue weighted by Gasteiger charge is 2.25. The topological polar surface area (TPSA) is 98.5 Å². The summed E-state index contributed by atoms with van der Waals surface area (Å²) in [4.78, 5) is 9.80. The van der Waals surface area contributed by atoms with Crippen molar-refractivity contribution in [2.75, 3.05) is 19.8 Å². The molecule has 0 atom stereocenters. The van der Waals surface area contributed by atoms with E-state index in [1.54, 1.807) is 0 Å². The fraction of sp³-hybridized carbons (Fsp3) is 0.455. The Morgan fingerprint density at radius 3 is 2.75 bits per heavy atom.